The molecule has 1 aromatic carbocycles. The Morgan fingerprint density at radius 2 is 2.20 bits per heavy atom. The summed E-state index contributed by atoms with van der Waals surface area (Å²) in [5, 5.41) is 18.3. The number of benzene rings is 1. The van der Waals surface area contributed by atoms with Gasteiger partial charge in [-0.25, -0.2) is 0 Å². The molecule has 4 heteroatoms. The first-order chi connectivity index (χ1) is 7.19. The summed E-state index contributed by atoms with van der Waals surface area (Å²) in [5.74, 6) is 0. The van der Waals surface area contributed by atoms with Gasteiger partial charge < -0.3 is 15.7 Å². The molecule has 0 fully saturated rings. The highest BCUT2D eigenvalue weighted by atomic mass is 16.3. The zero-order valence-electron chi connectivity index (χ0n) is 8.72. The van der Waals surface area contributed by atoms with E-state index in [1.165, 1.54) is 0 Å². The molecule has 80 valence electrons. The van der Waals surface area contributed by atoms with Crippen molar-refractivity contribution in [2.24, 2.45) is 5.73 Å². The van der Waals surface area contributed by atoms with Crippen LogP contribution < -0.4 is 10.6 Å². The van der Waals surface area contributed by atoms with Gasteiger partial charge in [0.15, 0.2) is 0 Å². The van der Waals surface area contributed by atoms with Gasteiger partial charge in [0.05, 0.1) is 17.4 Å². The monoisotopic (exact) mass is 205 g/mol. The first-order valence-electron chi connectivity index (χ1n) is 4.77. The highest BCUT2D eigenvalue weighted by molar-refractivity contribution is 5.58. The van der Waals surface area contributed by atoms with Gasteiger partial charge in [0.1, 0.15) is 6.07 Å². The molecule has 0 radical (unpaired) electrons. The Morgan fingerprint density at radius 1 is 1.53 bits per heavy atom. The van der Waals surface area contributed by atoms with Crippen molar-refractivity contribution in [3.63, 3.8) is 0 Å². The number of likely N-dealkylation sites (N-methyl/N-ethyl adjacent to an activating group) is 1. The first-order valence-corrected chi connectivity index (χ1v) is 4.77. The van der Waals surface area contributed by atoms with E-state index in [9.17, 15) is 5.11 Å². The fourth-order valence-electron chi connectivity index (χ4n) is 1.39. The van der Waals surface area contributed by atoms with Crippen molar-refractivity contribution in [2.75, 3.05) is 25.0 Å². The van der Waals surface area contributed by atoms with Crippen LogP contribution in [0.3, 0.4) is 0 Å². The van der Waals surface area contributed by atoms with E-state index in [1.807, 2.05) is 30.1 Å². The average molecular weight is 205 g/mol. The van der Waals surface area contributed by atoms with Crippen LogP contribution in [0, 0.1) is 11.3 Å². The van der Waals surface area contributed by atoms with Gasteiger partial charge in [0.2, 0.25) is 0 Å². The molecule has 4 nitrogen and oxygen atoms in total. The summed E-state index contributed by atoms with van der Waals surface area (Å²) in [5.41, 5.74) is 6.74. The van der Waals surface area contributed by atoms with Crippen molar-refractivity contribution in [3.8, 4) is 6.07 Å². The number of hydrogen-bond donors (Lipinski definition) is 2. The minimum atomic E-state index is -0.568. The zero-order chi connectivity index (χ0) is 11.3. The predicted octanol–water partition coefficient (Wildman–Crippen LogP) is 0.314. The maximum atomic E-state index is 9.40. The lowest BCUT2D eigenvalue weighted by Crippen LogP contribution is -2.34. The fourth-order valence-corrected chi connectivity index (χ4v) is 1.39. The van der Waals surface area contributed by atoms with Crippen LogP contribution in [0.1, 0.15) is 5.56 Å². The largest absolute Gasteiger partial charge is 0.390 e. The van der Waals surface area contributed by atoms with Crippen molar-refractivity contribution in [2.45, 2.75) is 6.10 Å². The molecule has 0 aromatic heterocycles. The van der Waals surface area contributed by atoms with E-state index in [0.717, 1.165) is 5.69 Å². The van der Waals surface area contributed by atoms with Gasteiger partial charge in [-0.05, 0) is 12.1 Å². The van der Waals surface area contributed by atoms with E-state index in [0.29, 0.717) is 12.1 Å². The highest BCUT2D eigenvalue weighted by Crippen LogP contribution is 2.17. The third-order valence-corrected chi connectivity index (χ3v) is 2.19. The maximum Gasteiger partial charge on any atom is 0.101 e. The third-order valence-electron chi connectivity index (χ3n) is 2.19. The van der Waals surface area contributed by atoms with E-state index in [4.69, 9.17) is 11.0 Å². The Labute approximate surface area is 89.5 Å². The minimum Gasteiger partial charge on any atom is -0.390 e. The molecule has 15 heavy (non-hydrogen) atoms. The normalized spacial score (nSPS) is 11.9. The molecule has 1 rings (SSSR count). The second-order valence-corrected chi connectivity index (χ2v) is 3.40. The van der Waals surface area contributed by atoms with Crippen molar-refractivity contribution in [1.82, 2.24) is 0 Å². The van der Waals surface area contributed by atoms with Gasteiger partial charge in [0.25, 0.3) is 0 Å². The third kappa shape index (κ3) is 2.94. The van der Waals surface area contributed by atoms with Gasteiger partial charge in [-0.15, -0.1) is 0 Å². The van der Waals surface area contributed by atoms with E-state index >= 15 is 0 Å². The summed E-state index contributed by atoms with van der Waals surface area (Å²) in [6.45, 7) is 0.647. The van der Waals surface area contributed by atoms with Crippen molar-refractivity contribution >= 4 is 5.69 Å². The molecular weight excluding hydrogens is 190 g/mol. The van der Waals surface area contributed by atoms with Crippen LogP contribution in [-0.2, 0) is 0 Å². The molecule has 1 atom stereocenters. The van der Waals surface area contributed by atoms with E-state index in [2.05, 4.69) is 6.07 Å². The quantitative estimate of drug-likeness (QED) is 0.742. The summed E-state index contributed by atoms with van der Waals surface area (Å²) < 4.78 is 0. The lowest BCUT2D eigenvalue weighted by molar-refractivity contribution is 0.189. The standard InChI is InChI=1S/C11H15N3O/c1-14(8-10(15)7-13)11-5-3-2-4-9(11)6-12/h2-5,10,15H,7-8,13H2,1H3. The molecule has 0 heterocycles. The molecule has 3 N–H and O–H groups in total. The summed E-state index contributed by atoms with van der Waals surface area (Å²) in [7, 11) is 1.83. The van der Waals surface area contributed by atoms with Crippen LogP contribution in [0.25, 0.3) is 0 Å². The molecule has 0 amide bonds. The molecule has 0 saturated carbocycles. The van der Waals surface area contributed by atoms with Crippen molar-refractivity contribution in [1.29, 1.82) is 5.26 Å². The Morgan fingerprint density at radius 3 is 2.80 bits per heavy atom. The van der Waals surface area contributed by atoms with Gasteiger partial charge >= 0.3 is 0 Å². The molecule has 1 aromatic rings. The van der Waals surface area contributed by atoms with Crippen LogP contribution in [0.4, 0.5) is 5.69 Å². The van der Waals surface area contributed by atoms with Gasteiger partial charge in [-0.2, -0.15) is 5.26 Å². The van der Waals surface area contributed by atoms with Crippen molar-refractivity contribution in [3.05, 3.63) is 29.8 Å². The Kier molecular flexibility index (Phi) is 4.10. The van der Waals surface area contributed by atoms with Gasteiger partial charge in [-0.1, -0.05) is 12.1 Å². The predicted molar refractivity (Wildman–Crippen MR) is 59.5 cm³/mol. The summed E-state index contributed by atoms with van der Waals surface area (Å²) in [4.78, 5) is 1.83. The first kappa shape index (κ1) is 11.5. The number of rotatable bonds is 4. The molecule has 0 aliphatic carbocycles. The van der Waals surface area contributed by atoms with Crippen LogP contribution in [-0.4, -0.2) is 31.3 Å². The number of para-hydroxylation sites is 1. The summed E-state index contributed by atoms with van der Waals surface area (Å²) in [6.07, 6.45) is -0.568. The zero-order valence-corrected chi connectivity index (χ0v) is 8.72. The topological polar surface area (TPSA) is 73.3 Å². The SMILES string of the molecule is CN(CC(O)CN)c1ccccc1C#N. The van der Waals surface area contributed by atoms with Crippen LogP contribution in [0.15, 0.2) is 24.3 Å². The molecule has 0 bridgehead atoms. The number of aliphatic hydroxyl groups excluding tert-OH is 1. The number of anilines is 1. The Hall–Kier alpha value is -1.57. The van der Waals surface area contributed by atoms with E-state index < -0.39 is 6.10 Å². The minimum absolute atomic E-state index is 0.221. The lowest BCUT2D eigenvalue weighted by Gasteiger charge is -2.22. The Bertz CT molecular complexity index is 359. The van der Waals surface area contributed by atoms with Gasteiger partial charge in [0, 0.05) is 20.1 Å². The second kappa shape index (κ2) is 5.35. The van der Waals surface area contributed by atoms with Crippen LogP contribution in [0.5, 0.6) is 0 Å². The van der Waals surface area contributed by atoms with E-state index in [1.54, 1.807) is 6.07 Å². The number of nitriles is 1. The number of hydrogen-bond acceptors (Lipinski definition) is 4. The smallest absolute Gasteiger partial charge is 0.101 e. The molecule has 0 aliphatic rings. The van der Waals surface area contributed by atoms with Crippen LogP contribution in [0.2, 0.25) is 0 Å². The highest BCUT2D eigenvalue weighted by Gasteiger charge is 2.09. The average Bonchev–Trinajstić information content (AvgIpc) is 2.28. The Balaban J connectivity index is 2.82. The van der Waals surface area contributed by atoms with Crippen LogP contribution >= 0.6 is 0 Å². The van der Waals surface area contributed by atoms with Crippen molar-refractivity contribution < 1.29 is 5.11 Å². The molecular formula is C11H15N3O. The second-order valence-electron chi connectivity index (χ2n) is 3.40. The summed E-state index contributed by atoms with van der Waals surface area (Å²) >= 11 is 0. The van der Waals surface area contributed by atoms with Gasteiger partial charge in [-0.3, -0.25) is 0 Å². The fraction of sp³-hybridized carbons (Fsp3) is 0.364. The molecule has 0 spiro atoms. The number of aliphatic hydroxyl groups is 1. The molecule has 0 saturated heterocycles. The number of nitrogens with two attached hydrogens (primary N) is 1. The molecule has 0 aliphatic heterocycles. The summed E-state index contributed by atoms with van der Waals surface area (Å²) in [6, 6.07) is 9.39. The van der Waals surface area contributed by atoms with E-state index in [-0.39, 0.29) is 6.54 Å². The lowest BCUT2D eigenvalue weighted by atomic mass is 10.1. The maximum absolute atomic E-state index is 9.40. The molecule has 1 unspecified atom stereocenters. The number of nitrogens with zero attached hydrogens (tertiary/aromatic N) is 2.